The molecule has 1 saturated heterocycles. The number of amides is 1. The highest BCUT2D eigenvalue weighted by atomic mass is 16.2. The lowest BCUT2D eigenvalue weighted by Gasteiger charge is -2.36. The molecule has 1 amide bonds. The summed E-state index contributed by atoms with van der Waals surface area (Å²) in [6.45, 7) is 8.47. The fraction of sp³-hybridized carbons (Fsp3) is 0.923. The summed E-state index contributed by atoms with van der Waals surface area (Å²) in [5.41, 5.74) is -0.104. The number of nitrogens with zero attached hydrogens (tertiary/aromatic N) is 1. The zero-order valence-corrected chi connectivity index (χ0v) is 11.2. The second-order valence-corrected chi connectivity index (χ2v) is 5.37. The van der Waals surface area contributed by atoms with Gasteiger partial charge in [-0.2, -0.15) is 0 Å². The van der Waals surface area contributed by atoms with Crippen LogP contribution in [0.1, 0.15) is 46.5 Å². The minimum Gasteiger partial charge on any atom is -0.344 e. The third-order valence-electron chi connectivity index (χ3n) is 4.02. The molecular weight excluding hydrogens is 197 g/mol. The highest BCUT2D eigenvalue weighted by Gasteiger charge is 2.34. The van der Waals surface area contributed by atoms with Gasteiger partial charge in [-0.25, -0.2) is 0 Å². The first kappa shape index (κ1) is 13.6. The Morgan fingerprint density at radius 2 is 1.94 bits per heavy atom. The molecular formula is C13H26BNO. The SMILES string of the molecule is CCCCC(C)(CC)C(=O)N1CCBCC1. The van der Waals surface area contributed by atoms with E-state index in [4.69, 9.17) is 0 Å². The number of unbranched alkanes of at least 4 members (excludes halogenated alkanes) is 1. The summed E-state index contributed by atoms with van der Waals surface area (Å²) in [5, 5.41) is 0. The standard InChI is InChI=1S/C13H26BNO/c1-4-6-7-13(3,5-2)12(16)15-10-8-14-9-11-15/h14H,4-11H2,1-3H3. The largest absolute Gasteiger partial charge is 0.344 e. The number of rotatable bonds is 5. The molecule has 1 atom stereocenters. The molecule has 0 saturated carbocycles. The first-order valence-corrected chi connectivity index (χ1v) is 6.93. The van der Waals surface area contributed by atoms with Gasteiger partial charge in [0.05, 0.1) is 0 Å². The highest BCUT2D eigenvalue weighted by Crippen LogP contribution is 2.31. The van der Waals surface area contributed by atoms with Crippen molar-refractivity contribution in [1.82, 2.24) is 4.90 Å². The Balaban J connectivity index is 2.59. The van der Waals surface area contributed by atoms with Gasteiger partial charge in [0.2, 0.25) is 5.91 Å². The molecule has 92 valence electrons. The quantitative estimate of drug-likeness (QED) is 0.656. The van der Waals surface area contributed by atoms with E-state index in [2.05, 4.69) is 25.7 Å². The summed E-state index contributed by atoms with van der Waals surface area (Å²) in [6, 6.07) is 0. The highest BCUT2D eigenvalue weighted by molar-refractivity contribution is 6.36. The topological polar surface area (TPSA) is 20.3 Å². The lowest BCUT2D eigenvalue weighted by Crippen LogP contribution is -2.45. The van der Waals surface area contributed by atoms with Crippen molar-refractivity contribution in [2.45, 2.75) is 59.1 Å². The van der Waals surface area contributed by atoms with Gasteiger partial charge in [0, 0.05) is 18.5 Å². The van der Waals surface area contributed by atoms with Gasteiger partial charge in [-0.3, -0.25) is 4.79 Å². The van der Waals surface area contributed by atoms with Gasteiger partial charge in [0.15, 0.2) is 0 Å². The first-order valence-electron chi connectivity index (χ1n) is 6.93. The molecule has 0 bridgehead atoms. The van der Waals surface area contributed by atoms with Crippen LogP contribution in [0.3, 0.4) is 0 Å². The van der Waals surface area contributed by atoms with E-state index in [1.54, 1.807) is 0 Å². The lowest BCUT2D eigenvalue weighted by atomic mass is 9.68. The predicted octanol–water partition coefficient (Wildman–Crippen LogP) is 2.71. The van der Waals surface area contributed by atoms with E-state index in [0.29, 0.717) is 5.91 Å². The number of carbonyl (C=O) groups is 1. The molecule has 0 radical (unpaired) electrons. The van der Waals surface area contributed by atoms with Gasteiger partial charge < -0.3 is 4.90 Å². The van der Waals surface area contributed by atoms with E-state index in [1.165, 1.54) is 32.8 Å². The average Bonchev–Trinajstić information content (AvgIpc) is 2.36. The fourth-order valence-electron chi connectivity index (χ4n) is 2.48. The van der Waals surface area contributed by atoms with Crippen molar-refractivity contribution in [1.29, 1.82) is 0 Å². The molecule has 3 heteroatoms. The molecule has 0 N–H and O–H groups in total. The van der Waals surface area contributed by atoms with Crippen molar-refractivity contribution in [2.75, 3.05) is 13.1 Å². The molecule has 1 aliphatic heterocycles. The van der Waals surface area contributed by atoms with E-state index in [0.717, 1.165) is 25.9 Å². The van der Waals surface area contributed by atoms with Gasteiger partial charge in [-0.1, -0.05) is 46.3 Å². The third kappa shape index (κ3) is 3.26. The number of hydrogen-bond donors (Lipinski definition) is 0. The summed E-state index contributed by atoms with van der Waals surface area (Å²) in [6.07, 6.45) is 6.77. The van der Waals surface area contributed by atoms with E-state index < -0.39 is 0 Å². The maximum absolute atomic E-state index is 12.5. The summed E-state index contributed by atoms with van der Waals surface area (Å²) in [4.78, 5) is 14.6. The molecule has 1 heterocycles. The average molecular weight is 223 g/mol. The lowest BCUT2D eigenvalue weighted by molar-refractivity contribution is -0.141. The Morgan fingerprint density at radius 3 is 2.44 bits per heavy atom. The van der Waals surface area contributed by atoms with E-state index >= 15 is 0 Å². The molecule has 0 aromatic rings. The summed E-state index contributed by atoms with van der Waals surface area (Å²) >= 11 is 0. The molecule has 1 rings (SSSR count). The van der Waals surface area contributed by atoms with Crippen molar-refractivity contribution in [3.8, 4) is 0 Å². The van der Waals surface area contributed by atoms with Crippen LogP contribution >= 0.6 is 0 Å². The summed E-state index contributed by atoms with van der Waals surface area (Å²) in [7, 11) is 1.29. The zero-order valence-electron chi connectivity index (χ0n) is 11.2. The summed E-state index contributed by atoms with van der Waals surface area (Å²) in [5.74, 6) is 0.406. The Morgan fingerprint density at radius 1 is 1.31 bits per heavy atom. The minimum absolute atomic E-state index is 0.104. The van der Waals surface area contributed by atoms with E-state index in [9.17, 15) is 4.79 Å². The first-order chi connectivity index (χ1) is 7.64. The van der Waals surface area contributed by atoms with Crippen LogP contribution in [0.25, 0.3) is 0 Å². The predicted molar refractivity (Wildman–Crippen MR) is 71.3 cm³/mol. The molecule has 1 unspecified atom stereocenters. The van der Waals surface area contributed by atoms with E-state index in [-0.39, 0.29) is 5.41 Å². The van der Waals surface area contributed by atoms with Crippen LogP contribution in [0, 0.1) is 5.41 Å². The molecule has 16 heavy (non-hydrogen) atoms. The van der Waals surface area contributed by atoms with Crippen LogP contribution in [0.5, 0.6) is 0 Å². The van der Waals surface area contributed by atoms with Crippen LogP contribution in [-0.4, -0.2) is 31.2 Å². The van der Waals surface area contributed by atoms with Crippen molar-refractivity contribution in [3.05, 3.63) is 0 Å². The van der Waals surface area contributed by atoms with Gasteiger partial charge in [-0.05, 0) is 12.8 Å². The molecule has 0 spiro atoms. The summed E-state index contributed by atoms with van der Waals surface area (Å²) < 4.78 is 0. The Bertz CT molecular complexity index is 226. The smallest absolute Gasteiger partial charge is 0.228 e. The van der Waals surface area contributed by atoms with Gasteiger partial charge in [0.1, 0.15) is 7.28 Å². The number of hydrogen-bond acceptors (Lipinski definition) is 1. The Labute approximate surface area is 101 Å². The van der Waals surface area contributed by atoms with E-state index in [1.807, 2.05) is 0 Å². The van der Waals surface area contributed by atoms with Crippen LogP contribution < -0.4 is 0 Å². The van der Waals surface area contributed by atoms with Crippen LogP contribution in [0.2, 0.25) is 12.6 Å². The Hall–Kier alpha value is -0.465. The molecule has 1 fully saturated rings. The number of carbonyl (C=O) groups excluding carboxylic acids is 1. The van der Waals surface area contributed by atoms with Crippen LogP contribution in [-0.2, 0) is 4.79 Å². The molecule has 2 nitrogen and oxygen atoms in total. The van der Waals surface area contributed by atoms with Gasteiger partial charge in [-0.15, -0.1) is 0 Å². The van der Waals surface area contributed by atoms with Gasteiger partial charge >= 0.3 is 0 Å². The van der Waals surface area contributed by atoms with Crippen LogP contribution in [0.15, 0.2) is 0 Å². The maximum Gasteiger partial charge on any atom is 0.228 e. The zero-order chi connectivity index (χ0) is 12.0. The Kier molecular flexibility index (Phi) is 5.37. The maximum atomic E-state index is 12.5. The molecule has 0 aromatic carbocycles. The van der Waals surface area contributed by atoms with Crippen molar-refractivity contribution in [2.24, 2.45) is 5.41 Å². The second kappa shape index (κ2) is 6.31. The molecule has 1 aliphatic rings. The van der Waals surface area contributed by atoms with Gasteiger partial charge in [0.25, 0.3) is 0 Å². The fourth-order valence-corrected chi connectivity index (χ4v) is 2.48. The monoisotopic (exact) mass is 223 g/mol. The second-order valence-electron chi connectivity index (χ2n) is 5.37. The van der Waals surface area contributed by atoms with Crippen molar-refractivity contribution in [3.63, 3.8) is 0 Å². The van der Waals surface area contributed by atoms with Crippen molar-refractivity contribution < 1.29 is 4.79 Å². The minimum atomic E-state index is -0.104. The van der Waals surface area contributed by atoms with Crippen molar-refractivity contribution >= 4 is 13.2 Å². The third-order valence-corrected chi connectivity index (χ3v) is 4.02. The molecule has 0 aliphatic carbocycles. The van der Waals surface area contributed by atoms with Crippen LogP contribution in [0.4, 0.5) is 0 Å². The molecule has 0 aromatic heterocycles. The normalized spacial score (nSPS) is 20.1.